The van der Waals surface area contributed by atoms with Crippen LogP contribution >= 0.6 is 0 Å². The third-order valence-electron chi connectivity index (χ3n) is 3.96. The molecule has 0 aliphatic carbocycles. The maximum atomic E-state index is 12.5. The zero-order valence-electron chi connectivity index (χ0n) is 15.7. The van der Waals surface area contributed by atoms with Gasteiger partial charge < -0.3 is 10.6 Å². The fourth-order valence-electron chi connectivity index (χ4n) is 2.44. The van der Waals surface area contributed by atoms with E-state index >= 15 is 0 Å². The number of benzene rings is 1. The fourth-order valence-corrected chi connectivity index (χ4v) is 2.44. The van der Waals surface area contributed by atoms with E-state index in [9.17, 15) is 19.7 Å². The smallest absolute Gasteiger partial charge is 0.271 e. The summed E-state index contributed by atoms with van der Waals surface area (Å²) in [6.45, 7) is 3.71. The molecule has 9 nitrogen and oxygen atoms in total. The van der Waals surface area contributed by atoms with Gasteiger partial charge in [-0.2, -0.15) is 0 Å². The van der Waals surface area contributed by atoms with Gasteiger partial charge in [0.05, 0.1) is 4.92 Å². The number of pyridine rings is 2. The number of amides is 2. The second kappa shape index (κ2) is 8.26. The Balaban J connectivity index is 1.87. The normalized spacial score (nSPS) is 10.3. The molecule has 0 atom stereocenters. The van der Waals surface area contributed by atoms with E-state index in [0.717, 1.165) is 23.3 Å². The zero-order chi connectivity index (χ0) is 21.0. The minimum atomic E-state index is -0.665. The van der Waals surface area contributed by atoms with Crippen molar-refractivity contribution in [1.82, 2.24) is 9.97 Å². The van der Waals surface area contributed by atoms with Gasteiger partial charge in [-0.25, -0.2) is 9.97 Å². The monoisotopic (exact) mass is 391 g/mol. The van der Waals surface area contributed by atoms with E-state index in [1.807, 2.05) is 13.8 Å². The Morgan fingerprint density at radius 1 is 0.828 bits per heavy atom. The Hall–Kier alpha value is -4.14. The molecule has 29 heavy (non-hydrogen) atoms. The topological polar surface area (TPSA) is 127 Å². The first-order chi connectivity index (χ1) is 13.8. The molecule has 3 rings (SSSR count). The van der Waals surface area contributed by atoms with Crippen LogP contribution in [0.2, 0.25) is 0 Å². The van der Waals surface area contributed by atoms with Gasteiger partial charge in [-0.1, -0.05) is 12.1 Å². The molecule has 146 valence electrons. The second-order valence-electron chi connectivity index (χ2n) is 6.38. The summed E-state index contributed by atoms with van der Waals surface area (Å²) in [6, 6.07) is 10.2. The van der Waals surface area contributed by atoms with Crippen LogP contribution in [0.4, 0.5) is 17.3 Å². The minimum Gasteiger partial charge on any atom is -0.307 e. The molecule has 0 saturated carbocycles. The van der Waals surface area contributed by atoms with Crippen LogP contribution < -0.4 is 10.6 Å². The Morgan fingerprint density at radius 2 is 1.28 bits per heavy atom. The van der Waals surface area contributed by atoms with Crippen molar-refractivity contribution in [2.45, 2.75) is 13.8 Å². The van der Waals surface area contributed by atoms with E-state index in [-0.39, 0.29) is 16.8 Å². The van der Waals surface area contributed by atoms with Gasteiger partial charge in [0.2, 0.25) is 0 Å². The number of non-ortho nitro benzene ring substituents is 1. The van der Waals surface area contributed by atoms with E-state index in [1.165, 1.54) is 6.07 Å². The number of anilines is 2. The lowest BCUT2D eigenvalue weighted by Crippen LogP contribution is -2.17. The molecule has 0 saturated heterocycles. The van der Waals surface area contributed by atoms with Gasteiger partial charge in [-0.05, 0) is 43.2 Å². The number of nitrogens with zero attached hydrogens (tertiary/aromatic N) is 3. The second-order valence-corrected chi connectivity index (χ2v) is 6.38. The Kier molecular flexibility index (Phi) is 5.59. The van der Waals surface area contributed by atoms with Crippen LogP contribution in [-0.4, -0.2) is 26.7 Å². The maximum Gasteiger partial charge on any atom is 0.271 e. The van der Waals surface area contributed by atoms with Gasteiger partial charge in [-0.3, -0.25) is 19.7 Å². The quantitative estimate of drug-likeness (QED) is 0.506. The summed E-state index contributed by atoms with van der Waals surface area (Å²) in [5.41, 5.74) is 1.38. The summed E-state index contributed by atoms with van der Waals surface area (Å²) in [4.78, 5) is 43.8. The molecule has 0 unspecified atom stereocenters. The van der Waals surface area contributed by atoms with Gasteiger partial charge in [0.1, 0.15) is 11.6 Å². The fraction of sp³-hybridized carbons (Fsp3) is 0.100. The number of carbonyl (C=O) groups excluding carboxylic acids is 2. The molecule has 9 heteroatoms. The lowest BCUT2D eigenvalue weighted by atomic mass is 10.1. The Morgan fingerprint density at radius 3 is 1.62 bits per heavy atom. The summed E-state index contributed by atoms with van der Waals surface area (Å²) in [5, 5.41) is 16.4. The number of carbonyl (C=O) groups is 2. The highest BCUT2D eigenvalue weighted by Gasteiger charge is 2.19. The average molecular weight is 391 g/mol. The summed E-state index contributed by atoms with van der Waals surface area (Å²) < 4.78 is 0. The molecule has 2 heterocycles. The van der Waals surface area contributed by atoms with Crippen LogP contribution in [0.15, 0.2) is 54.9 Å². The number of hydrogen-bond acceptors (Lipinski definition) is 6. The predicted molar refractivity (Wildman–Crippen MR) is 107 cm³/mol. The third kappa shape index (κ3) is 4.98. The van der Waals surface area contributed by atoms with Crippen LogP contribution in [0.3, 0.4) is 0 Å². The van der Waals surface area contributed by atoms with Crippen molar-refractivity contribution in [2.24, 2.45) is 0 Å². The maximum absolute atomic E-state index is 12.5. The highest BCUT2D eigenvalue weighted by atomic mass is 16.6. The van der Waals surface area contributed by atoms with Gasteiger partial charge >= 0.3 is 0 Å². The van der Waals surface area contributed by atoms with Crippen molar-refractivity contribution in [3.63, 3.8) is 0 Å². The van der Waals surface area contributed by atoms with Gasteiger partial charge in [0.25, 0.3) is 17.5 Å². The van der Waals surface area contributed by atoms with Crippen LogP contribution in [0, 0.1) is 24.0 Å². The highest BCUT2D eigenvalue weighted by molar-refractivity contribution is 6.09. The van der Waals surface area contributed by atoms with Crippen molar-refractivity contribution in [3.05, 3.63) is 87.2 Å². The van der Waals surface area contributed by atoms with Crippen LogP contribution in [0.25, 0.3) is 0 Å². The number of nitrogens with one attached hydrogen (secondary N) is 2. The van der Waals surface area contributed by atoms with E-state index in [1.54, 1.807) is 36.7 Å². The molecule has 1 aromatic carbocycles. The van der Waals surface area contributed by atoms with E-state index in [4.69, 9.17) is 0 Å². The SMILES string of the molecule is Cc1ccc(NC(=O)c2cc(C(=O)Nc3ccc(C)cn3)cc([N+](=O)[O-])c2)nc1. The third-order valence-corrected chi connectivity index (χ3v) is 3.96. The number of hydrogen-bond donors (Lipinski definition) is 2. The number of nitro benzene ring substituents is 1. The van der Waals surface area contributed by atoms with E-state index in [0.29, 0.717) is 11.6 Å². The summed E-state index contributed by atoms with van der Waals surface area (Å²) >= 11 is 0. The predicted octanol–water partition coefficient (Wildman–Crippen LogP) is 3.51. The Labute approximate surface area is 166 Å². The summed E-state index contributed by atoms with van der Waals surface area (Å²) in [5.74, 6) is -0.649. The van der Waals surface area contributed by atoms with Gasteiger partial charge in [0, 0.05) is 35.7 Å². The molecule has 0 aliphatic heterocycles. The van der Waals surface area contributed by atoms with E-state index in [2.05, 4.69) is 20.6 Å². The molecule has 0 radical (unpaired) electrons. The summed E-state index contributed by atoms with van der Waals surface area (Å²) in [6.07, 6.45) is 3.16. The van der Waals surface area contributed by atoms with Crippen LogP contribution in [-0.2, 0) is 0 Å². The van der Waals surface area contributed by atoms with Crippen LogP contribution in [0.5, 0.6) is 0 Å². The molecular weight excluding hydrogens is 374 g/mol. The van der Waals surface area contributed by atoms with Gasteiger partial charge in [0.15, 0.2) is 0 Å². The highest BCUT2D eigenvalue weighted by Crippen LogP contribution is 2.20. The number of aromatic nitrogens is 2. The first-order valence-electron chi connectivity index (χ1n) is 8.59. The van der Waals surface area contributed by atoms with Crippen LogP contribution in [0.1, 0.15) is 31.8 Å². The van der Waals surface area contributed by atoms with Crippen molar-refractivity contribution in [3.8, 4) is 0 Å². The molecule has 0 bridgehead atoms. The van der Waals surface area contributed by atoms with Gasteiger partial charge in [-0.15, -0.1) is 0 Å². The number of rotatable bonds is 5. The van der Waals surface area contributed by atoms with Crippen molar-refractivity contribution in [1.29, 1.82) is 0 Å². The molecule has 2 aromatic heterocycles. The zero-order valence-corrected chi connectivity index (χ0v) is 15.7. The van der Waals surface area contributed by atoms with Crippen molar-refractivity contribution >= 4 is 29.1 Å². The lowest BCUT2D eigenvalue weighted by molar-refractivity contribution is -0.384. The summed E-state index contributed by atoms with van der Waals surface area (Å²) in [7, 11) is 0. The first kappa shape index (κ1) is 19.6. The molecule has 0 aliphatic rings. The largest absolute Gasteiger partial charge is 0.307 e. The van der Waals surface area contributed by atoms with Crippen molar-refractivity contribution in [2.75, 3.05) is 10.6 Å². The number of nitro groups is 1. The molecule has 0 spiro atoms. The Bertz CT molecular complexity index is 1000. The minimum absolute atomic E-state index is 0.0383. The number of aryl methyl sites for hydroxylation is 2. The molecule has 3 aromatic rings. The average Bonchev–Trinajstić information content (AvgIpc) is 2.71. The lowest BCUT2D eigenvalue weighted by Gasteiger charge is -2.08. The molecular formula is C20H17N5O4. The van der Waals surface area contributed by atoms with Crippen molar-refractivity contribution < 1.29 is 14.5 Å². The molecule has 0 fully saturated rings. The molecule has 2 amide bonds. The standard InChI is InChI=1S/C20H17N5O4/c1-12-3-5-17(21-10-12)23-19(26)14-7-15(9-16(8-14)25(28)29)20(27)24-18-6-4-13(2)11-22-18/h3-11H,1-2H3,(H,21,23,26)(H,22,24,27). The molecule has 2 N–H and O–H groups in total. The first-order valence-corrected chi connectivity index (χ1v) is 8.59. The van der Waals surface area contributed by atoms with E-state index < -0.39 is 16.7 Å².